The summed E-state index contributed by atoms with van der Waals surface area (Å²) in [6.45, 7) is 3.77. The smallest absolute Gasteiger partial charge is 0.243 e. The highest BCUT2D eigenvalue weighted by Crippen LogP contribution is 2.37. The van der Waals surface area contributed by atoms with Gasteiger partial charge >= 0.3 is 0 Å². The predicted octanol–water partition coefficient (Wildman–Crippen LogP) is 2.74. The minimum Gasteiger partial charge on any atom is -0.465 e. The van der Waals surface area contributed by atoms with Gasteiger partial charge in [0.05, 0.1) is 12.2 Å². The summed E-state index contributed by atoms with van der Waals surface area (Å²) in [7, 11) is -3.80. The van der Waals surface area contributed by atoms with Crippen LogP contribution in [0.3, 0.4) is 0 Å². The van der Waals surface area contributed by atoms with Crippen molar-refractivity contribution in [1.29, 1.82) is 0 Å². The van der Waals surface area contributed by atoms with Crippen LogP contribution in [0.4, 0.5) is 5.69 Å². The molecule has 0 saturated carbocycles. The van der Waals surface area contributed by atoms with Crippen molar-refractivity contribution in [3.63, 3.8) is 0 Å². The molecule has 0 bridgehead atoms. The molecular formula is C16H17BrN2O4S. The van der Waals surface area contributed by atoms with Gasteiger partial charge in [0.1, 0.15) is 16.4 Å². The molecule has 0 aliphatic carbocycles. The van der Waals surface area contributed by atoms with Gasteiger partial charge in [-0.05, 0) is 43.2 Å². The molecule has 0 radical (unpaired) electrons. The van der Waals surface area contributed by atoms with Crippen LogP contribution in [0.25, 0.3) is 0 Å². The molecule has 1 aromatic heterocycles. The maximum Gasteiger partial charge on any atom is 0.243 e. The number of sulfonamides is 1. The van der Waals surface area contributed by atoms with E-state index in [1.54, 1.807) is 19.1 Å². The molecule has 2 aromatic rings. The van der Waals surface area contributed by atoms with Gasteiger partial charge in [0, 0.05) is 17.9 Å². The van der Waals surface area contributed by atoms with Crippen LogP contribution < -0.4 is 9.62 Å². The number of hydrogen-bond donors (Lipinski definition) is 1. The number of fused-ring (bicyclic) bond motifs is 1. The molecule has 1 amide bonds. The SMILES string of the molecule is CC(=O)N1CCc2cc(Br)cc(S(=O)(=O)NCc3ccc(C)o3)c21. The van der Waals surface area contributed by atoms with Crippen LogP contribution in [-0.2, 0) is 27.8 Å². The van der Waals surface area contributed by atoms with Crippen molar-refractivity contribution in [3.05, 3.63) is 45.8 Å². The first-order valence-corrected chi connectivity index (χ1v) is 9.71. The fourth-order valence-corrected chi connectivity index (χ4v) is 4.74. The Bertz CT molecular complexity index is 905. The molecule has 0 unspecified atom stereocenters. The Morgan fingerprint density at radius 1 is 1.38 bits per heavy atom. The maximum atomic E-state index is 12.8. The predicted molar refractivity (Wildman–Crippen MR) is 93.3 cm³/mol. The number of halogens is 1. The second-order valence-electron chi connectivity index (χ2n) is 5.67. The normalized spacial score (nSPS) is 14.0. The van der Waals surface area contributed by atoms with Gasteiger partial charge in [0.25, 0.3) is 0 Å². The molecule has 24 heavy (non-hydrogen) atoms. The Morgan fingerprint density at radius 3 is 2.75 bits per heavy atom. The summed E-state index contributed by atoms with van der Waals surface area (Å²) in [6, 6.07) is 6.88. The number of furan rings is 1. The minimum absolute atomic E-state index is 0.0531. The molecular weight excluding hydrogens is 396 g/mol. The second kappa shape index (κ2) is 6.34. The molecule has 0 atom stereocenters. The topological polar surface area (TPSA) is 79.6 Å². The van der Waals surface area contributed by atoms with Crippen molar-refractivity contribution in [2.45, 2.75) is 31.7 Å². The summed E-state index contributed by atoms with van der Waals surface area (Å²) in [5.41, 5.74) is 1.31. The highest BCUT2D eigenvalue weighted by molar-refractivity contribution is 9.10. The van der Waals surface area contributed by atoms with Gasteiger partial charge in [-0.2, -0.15) is 0 Å². The van der Waals surface area contributed by atoms with Gasteiger partial charge < -0.3 is 9.32 Å². The molecule has 1 N–H and O–H groups in total. The van der Waals surface area contributed by atoms with E-state index in [0.29, 0.717) is 28.9 Å². The van der Waals surface area contributed by atoms with Gasteiger partial charge in [-0.3, -0.25) is 4.79 Å². The molecule has 0 saturated heterocycles. The summed E-state index contributed by atoms with van der Waals surface area (Å²) < 4.78 is 34.2. The molecule has 2 heterocycles. The highest BCUT2D eigenvalue weighted by Gasteiger charge is 2.31. The van der Waals surface area contributed by atoms with Crippen molar-refractivity contribution >= 4 is 37.5 Å². The largest absolute Gasteiger partial charge is 0.465 e. The van der Waals surface area contributed by atoms with Gasteiger partial charge in [-0.15, -0.1) is 0 Å². The van der Waals surface area contributed by atoms with Crippen LogP contribution in [0.2, 0.25) is 0 Å². The Balaban J connectivity index is 1.97. The standard InChI is InChI=1S/C16H17BrN2O4S/c1-10-3-4-14(23-10)9-18-24(21,22)15-8-13(17)7-12-5-6-19(11(2)20)16(12)15/h3-4,7-8,18H,5-6,9H2,1-2H3. The molecule has 1 aromatic carbocycles. The first-order valence-electron chi connectivity index (χ1n) is 7.43. The highest BCUT2D eigenvalue weighted by atomic mass is 79.9. The van der Waals surface area contributed by atoms with Gasteiger partial charge in [-0.1, -0.05) is 15.9 Å². The van der Waals surface area contributed by atoms with E-state index in [1.165, 1.54) is 17.9 Å². The Labute approximate surface area is 149 Å². The fraction of sp³-hybridized carbons (Fsp3) is 0.312. The van der Waals surface area contributed by atoms with E-state index < -0.39 is 10.0 Å². The second-order valence-corrected chi connectivity index (χ2v) is 8.32. The zero-order chi connectivity index (χ0) is 17.5. The van der Waals surface area contributed by atoms with E-state index in [2.05, 4.69) is 20.7 Å². The molecule has 6 nitrogen and oxygen atoms in total. The molecule has 0 fully saturated rings. The lowest BCUT2D eigenvalue weighted by atomic mass is 10.2. The third kappa shape index (κ3) is 3.26. The quantitative estimate of drug-likeness (QED) is 0.836. The number of aryl methyl sites for hydroxylation is 1. The van der Waals surface area contributed by atoms with Crippen LogP contribution in [0, 0.1) is 6.92 Å². The van der Waals surface area contributed by atoms with E-state index in [4.69, 9.17) is 4.42 Å². The minimum atomic E-state index is -3.80. The number of carbonyl (C=O) groups excluding carboxylic acids is 1. The Kier molecular flexibility index (Phi) is 4.54. The monoisotopic (exact) mass is 412 g/mol. The number of hydrogen-bond acceptors (Lipinski definition) is 4. The third-order valence-corrected chi connectivity index (χ3v) is 5.77. The van der Waals surface area contributed by atoms with Crippen LogP contribution in [0.1, 0.15) is 24.0 Å². The van der Waals surface area contributed by atoms with Crippen molar-refractivity contribution in [2.75, 3.05) is 11.4 Å². The summed E-state index contributed by atoms with van der Waals surface area (Å²) in [5.74, 6) is 1.08. The first kappa shape index (κ1) is 17.2. The average Bonchev–Trinajstić information content (AvgIpc) is 3.10. The van der Waals surface area contributed by atoms with Crippen molar-refractivity contribution in [3.8, 4) is 0 Å². The third-order valence-electron chi connectivity index (χ3n) is 3.90. The van der Waals surface area contributed by atoms with E-state index in [0.717, 1.165) is 11.3 Å². The van der Waals surface area contributed by atoms with Gasteiger partial charge in [-0.25, -0.2) is 13.1 Å². The number of benzene rings is 1. The van der Waals surface area contributed by atoms with Crippen LogP contribution in [-0.4, -0.2) is 20.9 Å². The zero-order valence-electron chi connectivity index (χ0n) is 13.3. The number of nitrogens with one attached hydrogen (secondary N) is 1. The number of amides is 1. The zero-order valence-corrected chi connectivity index (χ0v) is 15.7. The number of nitrogens with zero attached hydrogens (tertiary/aromatic N) is 1. The molecule has 1 aliphatic heterocycles. The Morgan fingerprint density at radius 2 is 2.12 bits per heavy atom. The van der Waals surface area contributed by atoms with E-state index in [9.17, 15) is 13.2 Å². The number of rotatable bonds is 4. The van der Waals surface area contributed by atoms with E-state index in [1.807, 2.05) is 6.07 Å². The maximum absolute atomic E-state index is 12.8. The van der Waals surface area contributed by atoms with E-state index in [-0.39, 0.29) is 17.3 Å². The molecule has 3 rings (SSSR count). The van der Waals surface area contributed by atoms with Crippen LogP contribution in [0.15, 0.2) is 38.1 Å². The fourth-order valence-electron chi connectivity index (χ4n) is 2.81. The lowest BCUT2D eigenvalue weighted by Gasteiger charge is -2.19. The van der Waals surface area contributed by atoms with E-state index >= 15 is 0 Å². The summed E-state index contributed by atoms with van der Waals surface area (Å²) in [4.78, 5) is 13.4. The number of carbonyl (C=O) groups is 1. The van der Waals surface area contributed by atoms with Crippen molar-refractivity contribution in [1.82, 2.24) is 4.72 Å². The van der Waals surface area contributed by atoms with Crippen LogP contribution in [0.5, 0.6) is 0 Å². The molecule has 1 aliphatic rings. The molecule has 0 spiro atoms. The van der Waals surface area contributed by atoms with Gasteiger partial charge in [0.15, 0.2) is 0 Å². The summed E-state index contributed by atoms with van der Waals surface area (Å²) in [5, 5.41) is 0. The molecule has 128 valence electrons. The first-order chi connectivity index (χ1) is 11.3. The van der Waals surface area contributed by atoms with Gasteiger partial charge in [0.2, 0.25) is 15.9 Å². The Hall–Kier alpha value is -1.64. The van der Waals surface area contributed by atoms with Crippen molar-refractivity contribution in [2.24, 2.45) is 0 Å². The van der Waals surface area contributed by atoms with Crippen molar-refractivity contribution < 1.29 is 17.6 Å². The van der Waals surface area contributed by atoms with Crippen LogP contribution >= 0.6 is 15.9 Å². The average molecular weight is 413 g/mol. The molecule has 8 heteroatoms. The lowest BCUT2D eigenvalue weighted by Crippen LogP contribution is -2.30. The lowest BCUT2D eigenvalue weighted by molar-refractivity contribution is -0.116. The summed E-state index contributed by atoms with van der Waals surface area (Å²) in [6.07, 6.45) is 0.633. The summed E-state index contributed by atoms with van der Waals surface area (Å²) >= 11 is 3.35. The number of anilines is 1.